The van der Waals surface area contributed by atoms with Crippen LogP contribution in [0.4, 0.5) is 11.4 Å². The molecule has 22 heavy (non-hydrogen) atoms. The van der Waals surface area contributed by atoms with Crippen molar-refractivity contribution in [2.75, 3.05) is 5.32 Å². The van der Waals surface area contributed by atoms with E-state index < -0.39 is 0 Å². The van der Waals surface area contributed by atoms with Gasteiger partial charge in [0.1, 0.15) is 5.75 Å². The third-order valence-corrected chi connectivity index (χ3v) is 3.48. The van der Waals surface area contributed by atoms with Crippen molar-refractivity contribution in [3.63, 3.8) is 0 Å². The molecule has 2 rings (SSSR count). The van der Waals surface area contributed by atoms with Gasteiger partial charge in [-0.1, -0.05) is 35.4 Å². The van der Waals surface area contributed by atoms with Crippen LogP contribution >= 0.6 is 0 Å². The molecule has 1 amide bonds. The number of phenolic OH excluding ortho intramolecular Hbond substituents is 1. The molecule has 6 heteroatoms. The number of benzene rings is 2. The number of hydrogen-bond donors (Lipinski definition) is 2. The van der Waals surface area contributed by atoms with E-state index in [9.17, 15) is 9.90 Å². The third-order valence-electron chi connectivity index (χ3n) is 3.48. The van der Waals surface area contributed by atoms with Crippen molar-refractivity contribution in [2.24, 2.45) is 5.11 Å². The molecule has 0 bridgehead atoms. The third kappa shape index (κ3) is 3.37. The number of carbonyl (C=O) groups excluding carboxylic acids is 1. The SMILES string of the molecule is Cc1c(NC(=O)Cc2ccccc2)cc(N=[N+]=[N-])c(O)c1C. The summed E-state index contributed by atoms with van der Waals surface area (Å²) in [6.07, 6.45) is 0.247. The van der Waals surface area contributed by atoms with Crippen molar-refractivity contribution in [1.82, 2.24) is 0 Å². The van der Waals surface area contributed by atoms with E-state index in [2.05, 4.69) is 15.3 Å². The maximum atomic E-state index is 12.1. The Labute approximate surface area is 128 Å². The minimum Gasteiger partial charge on any atom is -0.507 e. The molecular formula is C16H16N4O2. The maximum absolute atomic E-state index is 12.1. The first-order valence-electron chi connectivity index (χ1n) is 6.75. The second-order valence-electron chi connectivity index (χ2n) is 4.94. The zero-order chi connectivity index (χ0) is 16.1. The van der Waals surface area contributed by atoms with E-state index in [1.807, 2.05) is 30.3 Å². The Morgan fingerprint density at radius 3 is 2.59 bits per heavy atom. The Hall–Kier alpha value is -2.98. The van der Waals surface area contributed by atoms with Gasteiger partial charge in [-0.25, -0.2) is 0 Å². The summed E-state index contributed by atoms with van der Waals surface area (Å²) in [5.41, 5.74) is 11.4. The van der Waals surface area contributed by atoms with Gasteiger partial charge in [-0.05, 0) is 42.1 Å². The Kier molecular flexibility index (Phi) is 4.66. The molecule has 6 nitrogen and oxygen atoms in total. The van der Waals surface area contributed by atoms with Gasteiger partial charge >= 0.3 is 0 Å². The maximum Gasteiger partial charge on any atom is 0.228 e. The van der Waals surface area contributed by atoms with E-state index >= 15 is 0 Å². The van der Waals surface area contributed by atoms with E-state index in [-0.39, 0.29) is 23.8 Å². The molecule has 0 unspecified atom stereocenters. The Morgan fingerprint density at radius 1 is 1.27 bits per heavy atom. The van der Waals surface area contributed by atoms with Crippen LogP contribution < -0.4 is 5.32 Å². The van der Waals surface area contributed by atoms with Gasteiger partial charge < -0.3 is 10.4 Å². The molecule has 0 aliphatic rings. The van der Waals surface area contributed by atoms with Gasteiger partial charge in [0.15, 0.2) is 0 Å². The van der Waals surface area contributed by atoms with Crippen molar-refractivity contribution in [3.8, 4) is 5.75 Å². The lowest BCUT2D eigenvalue weighted by Gasteiger charge is -2.14. The van der Waals surface area contributed by atoms with Gasteiger partial charge in [0, 0.05) is 10.6 Å². The van der Waals surface area contributed by atoms with Gasteiger partial charge in [-0.3, -0.25) is 4.79 Å². The van der Waals surface area contributed by atoms with Crippen LogP contribution in [-0.2, 0) is 11.2 Å². The lowest BCUT2D eigenvalue weighted by molar-refractivity contribution is -0.115. The molecule has 0 fully saturated rings. The highest BCUT2D eigenvalue weighted by molar-refractivity contribution is 5.94. The van der Waals surface area contributed by atoms with Crippen molar-refractivity contribution in [1.29, 1.82) is 0 Å². The molecular weight excluding hydrogens is 280 g/mol. The first-order chi connectivity index (χ1) is 10.5. The van der Waals surface area contributed by atoms with Crippen LogP contribution in [0.1, 0.15) is 16.7 Å². The Morgan fingerprint density at radius 2 is 1.95 bits per heavy atom. The van der Waals surface area contributed by atoms with E-state index in [1.54, 1.807) is 13.8 Å². The van der Waals surface area contributed by atoms with Crippen molar-refractivity contribution in [2.45, 2.75) is 20.3 Å². The van der Waals surface area contributed by atoms with Gasteiger partial charge in [-0.2, -0.15) is 0 Å². The molecule has 2 aromatic carbocycles. The summed E-state index contributed by atoms with van der Waals surface area (Å²) < 4.78 is 0. The smallest absolute Gasteiger partial charge is 0.228 e. The number of aromatic hydroxyl groups is 1. The number of nitrogens with one attached hydrogen (secondary N) is 1. The number of amides is 1. The van der Waals surface area contributed by atoms with Crippen molar-refractivity contribution < 1.29 is 9.90 Å². The zero-order valence-corrected chi connectivity index (χ0v) is 12.4. The molecule has 0 saturated heterocycles. The van der Waals surface area contributed by atoms with Crippen LogP contribution in [0, 0.1) is 13.8 Å². The summed E-state index contributed by atoms with van der Waals surface area (Å²) in [7, 11) is 0. The average molecular weight is 296 g/mol. The lowest BCUT2D eigenvalue weighted by Crippen LogP contribution is -2.15. The highest BCUT2D eigenvalue weighted by Gasteiger charge is 2.13. The molecule has 0 aliphatic heterocycles. The number of nitrogens with zero attached hydrogens (tertiary/aromatic N) is 3. The quantitative estimate of drug-likeness (QED) is 0.384. The normalized spacial score (nSPS) is 9.91. The summed E-state index contributed by atoms with van der Waals surface area (Å²) in [5.74, 6) is -0.248. The number of anilines is 1. The second kappa shape index (κ2) is 6.65. The Balaban J connectivity index is 2.25. The molecule has 0 radical (unpaired) electrons. The molecule has 0 saturated carbocycles. The predicted octanol–water partition coefficient (Wildman–Crippen LogP) is 4.13. The van der Waals surface area contributed by atoms with Crippen LogP contribution in [0.3, 0.4) is 0 Å². The largest absolute Gasteiger partial charge is 0.507 e. The standard InChI is InChI=1S/C16H16N4O2/c1-10-11(2)16(22)14(19-20-17)9-13(10)18-15(21)8-12-6-4-3-5-7-12/h3-7,9,22H,8H2,1-2H3,(H,18,21). The lowest BCUT2D eigenvalue weighted by atomic mass is 10.0. The fraction of sp³-hybridized carbons (Fsp3) is 0.188. The van der Waals surface area contributed by atoms with Crippen molar-refractivity contribution in [3.05, 3.63) is 63.5 Å². The molecule has 0 aromatic heterocycles. The number of hydrogen-bond acceptors (Lipinski definition) is 3. The number of phenols is 1. The summed E-state index contributed by atoms with van der Waals surface area (Å²) in [5, 5.41) is 16.2. The first kappa shape index (κ1) is 15.4. The topological polar surface area (TPSA) is 98.1 Å². The van der Waals surface area contributed by atoms with Gasteiger partial charge in [0.2, 0.25) is 5.91 Å². The Bertz CT molecular complexity index is 750. The van der Waals surface area contributed by atoms with Gasteiger partial charge in [0.05, 0.1) is 12.1 Å². The van der Waals surface area contributed by atoms with E-state index in [0.717, 1.165) is 11.1 Å². The van der Waals surface area contributed by atoms with Crippen LogP contribution in [0.5, 0.6) is 5.75 Å². The van der Waals surface area contributed by atoms with Crippen molar-refractivity contribution >= 4 is 17.3 Å². The van der Waals surface area contributed by atoms with Crippen LogP contribution in [0.2, 0.25) is 0 Å². The molecule has 0 aliphatic carbocycles. The minimum absolute atomic E-state index is 0.0728. The fourth-order valence-corrected chi connectivity index (χ4v) is 2.11. The average Bonchev–Trinajstić information content (AvgIpc) is 2.51. The highest BCUT2D eigenvalue weighted by Crippen LogP contribution is 2.37. The van der Waals surface area contributed by atoms with Crippen LogP contribution in [0.25, 0.3) is 10.4 Å². The van der Waals surface area contributed by atoms with Crippen LogP contribution in [-0.4, -0.2) is 11.0 Å². The summed E-state index contributed by atoms with van der Waals surface area (Å²) in [6.45, 7) is 3.49. The molecule has 2 N–H and O–H groups in total. The summed E-state index contributed by atoms with van der Waals surface area (Å²) in [4.78, 5) is 14.8. The van der Waals surface area contributed by atoms with Gasteiger partial charge in [-0.15, -0.1) is 0 Å². The van der Waals surface area contributed by atoms with Gasteiger partial charge in [0.25, 0.3) is 0 Å². The fourth-order valence-electron chi connectivity index (χ4n) is 2.11. The molecule has 0 atom stereocenters. The minimum atomic E-state index is -0.175. The molecule has 112 valence electrons. The van der Waals surface area contributed by atoms with E-state index in [4.69, 9.17) is 5.53 Å². The summed E-state index contributed by atoms with van der Waals surface area (Å²) >= 11 is 0. The highest BCUT2D eigenvalue weighted by atomic mass is 16.3. The number of rotatable bonds is 4. The number of azide groups is 1. The van der Waals surface area contributed by atoms with E-state index in [1.165, 1.54) is 6.07 Å². The summed E-state index contributed by atoms with van der Waals surface area (Å²) in [6, 6.07) is 10.9. The molecule has 2 aromatic rings. The first-order valence-corrected chi connectivity index (χ1v) is 6.75. The number of carbonyl (C=O) groups is 1. The van der Waals surface area contributed by atoms with E-state index in [0.29, 0.717) is 11.3 Å². The second-order valence-corrected chi connectivity index (χ2v) is 4.94. The monoisotopic (exact) mass is 296 g/mol. The zero-order valence-electron chi connectivity index (χ0n) is 12.4. The molecule has 0 spiro atoms. The predicted molar refractivity (Wildman–Crippen MR) is 85.2 cm³/mol. The molecule has 0 heterocycles. The van der Waals surface area contributed by atoms with Crippen LogP contribution in [0.15, 0.2) is 41.5 Å².